The third-order valence-electron chi connectivity index (χ3n) is 3.82. The van der Waals surface area contributed by atoms with Crippen molar-refractivity contribution in [3.63, 3.8) is 0 Å². The molecule has 2 aromatic rings. The third-order valence-corrected chi connectivity index (χ3v) is 4.40. The topological polar surface area (TPSA) is 28.5 Å². The Hall–Kier alpha value is -1.69. The third kappa shape index (κ3) is 4.90. The summed E-state index contributed by atoms with van der Waals surface area (Å²) in [7, 11) is 3.93. The molecule has 0 aromatic heterocycles. The monoisotopic (exact) mass is 366 g/mol. The number of benzene rings is 2. The summed E-state index contributed by atoms with van der Waals surface area (Å²) in [6.07, 6.45) is 0. The van der Waals surface area contributed by atoms with Gasteiger partial charge in [-0.15, -0.1) is 0 Å². The van der Waals surface area contributed by atoms with Gasteiger partial charge in [0.2, 0.25) is 0 Å². The molecule has 6 heteroatoms. The highest BCUT2D eigenvalue weighted by atomic mass is 35.5. The summed E-state index contributed by atoms with van der Waals surface area (Å²) >= 11 is 11.5. The van der Waals surface area contributed by atoms with Gasteiger partial charge in [-0.3, -0.25) is 0 Å². The van der Waals surface area contributed by atoms with Gasteiger partial charge in [0.15, 0.2) is 5.11 Å². The first kappa shape index (κ1) is 18.6. The molecule has 2 rings (SSSR count). The van der Waals surface area contributed by atoms with Crippen LogP contribution in [-0.2, 0) is 0 Å². The van der Waals surface area contributed by atoms with Crippen molar-refractivity contribution in [2.45, 2.75) is 13.0 Å². The second-order valence-electron chi connectivity index (χ2n) is 5.97. The van der Waals surface area contributed by atoms with Gasteiger partial charge in [-0.1, -0.05) is 35.4 Å². The van der Waals surface area contributed by atoms with Crippen LogP contribution in [0.25, 0.3) is 0 Å². The zero-order valence-electron chi connectivity index (χ0n) is 14.0. The number of nitrogens with one attached hydrogen (secondary N) is 3. The highest BCUT2D eigenvalue weighted by Gasteiger charge is 2.24. The average molecular weight is 367 g/mol. The average Bonchev–Trinajstić information content (AvgIpc) is 2.52. The molecule has 0 aliphatic heterocycles. The number of hydrogen-bond acceptors (Lipinski definition) is 1. The first-order valence-electron chi connectivity index (χ1n) is 7.74. The number of likely N-dealkylation sites (N-methyl/N-ethyl adjacent to an activating group) is 1. The van der Waals surface area contributed by atoms with E-state index in [1.54, 1.807) is 12.1 Å². The second kappa shape index (κ2) is 8.42. The predicted octanol–water partition coefficient (Wildman–Crippen LogP) is 2.96. The highest BCUT2D eigenvalue weighted by Crippen LogP contribution is 2.23. The minimum atomic E-state index is -0.298. The molecule has 128 valence electrons. The van der Waals surface area contributed by atoms with Crippen LogP contribution in [0.2, 0.25) is 5.02 Å². The maximum absolute atomic E-state index is 14.2. The minimum absolute atomic E-state index is 0.156. The molecule has 0 heterocycles. The Morgan fingerprint density at radius 2 is 1.88 bits per heavy atom. The summed E-state index contributed by atoms with van der Waals surface area (Å²) < 4.78 is 14.2. The molecular formula is C18H22ClFN3S+. The predicted molar refractivity (Wildman–Crippen MR) is 102 cm³/mol. The van der Waals surface area contributed by atoms with Gasteiger partial charge in [0.25, 0.3) is 0 Å². The maximum Gasteiger partial charge on any atom is 0.171 e. The molecule has 0 radical (unpaired) electrons. The fraction of sp³-hybridized carbons (Fsp3) is 0.278. The molecule has 0 unspecified atom stereocenters. The Balaban J connectivity index is 2.04. The molecule has 0 bridgehead atoms. The van der Waals surface area contributed by atoms with Crippen LogP contribution in [0.5, 0.6) is 0 Å². The number of thiocarbonyl (C=S) groups is 1. The van der Waals surface area contributed by atoms with E-state index in [1.807, 2.05) is 45.3 Å². The highest BCUT2D eigenvalue weighted by molar-refractivity contribution is 7.80. The van der Waals surface area contributed by atoms with Crippen molar-refractivity contribution in [2.24, 2.45) is 0 Å². The summed E-state index contributed by atoms with van der Waals surface area (Å²) in [4.78, 5) is 1.06. The van der Waals surface area contributed by atoms with Crippen molar-refractivity contribution >= 4 is 34.6 Å². The summed E-state index contributed by atoms with van der Waals surface area (Å²) in [5.41, 5.74) is 2.60. The number of anilines is 1. The minimum Gasteiger partial charge on any atom is -0.356 e. The van der Waals surface area contributed by atoms with Crippen LogP contribution in [0.4, 0.5) is 10.1 Å². The van der Waals surface area contributed by atoms with Crippen LogP contribution in [0.3, 0.4) is 0 Å². The lowest BCUT2D eigenvalue weighted by atomic mass is 10.1. The first-order valence-corrected chi connectivity index (χ1v) is 8.52. The fourth-order valence-electron chi connectivity index (χ4n) is 2.45. The molecule has 0 spiro atoms. The SMILES string of the molecule is Cc1ccc(NC(=S)NC[C@H](c2c(F)cccc2Cl)[NH+](C)C)cc1. The summed E-state index contributed by atoms with van der Waals surface area (Å²) in [5, 5.41) is 7.21. The van der Waals surface area contributed by atoms with Gasteiger partial charge in [-0.25, -0.2) is 4.39 Å². The number of halogens is 2. The zero-order valence-corrected chi connectivity index (χ0v) is 15.6. The fourth-order valence-corrected chi connectivity index (χ4v) is 2.94. The Labute approximate surface area is 152 Å². The number of quaternary nitrogens is 1. The van der Waals surface area contributed by atoms with Crippen molar-refractivity contribution < 1.29 is 9.29 Å². The summed E-state index contributed by atoms with van der Waals surface area (Å²) in [5.74, 6) is -0.298. The van der Waals surface area contributed by atoms with Crippen molar-refractivity contribution in [1.29, 1.82) is 0 Å². The van der Waals surface area contributed by atoms with E-state index >= 15 is 0 Å². The van der Waals surface area contributed by atoms with E-state index in [2.05, 4.69) is 10.6 Å². The van der Waals surface area contributed by atoms with E-state index < -0.39 is 0 Å². The molecule has 0 aliphatic rings. The van der Waals surface area contributed by atoms with Crippen LogP contribution < -0.4 is 15.5 Å². The van der Waals surface area contributed by atoms with Gasteiger partial charge >= 0.3 is 0 Å². The molecule has 24 heavy (non-hydrogen) atoms. The number of rotatable bonds is 5. The molecule has 0 saturated heterocycles. The van der Waals surface area contributed by atoms with Gasteiger partial charge in [-0.05, 0) is 43.4 Å². The molecule has 0 saturated carbocycles. The lowest BCUT2D eigenvalue weighted by Crippen LogP contribution is -3.07. The van der Waals surface area contributed by atoms with Crippen molar-refractivity contribution in [3.8, 4) is 0 Å². The van der Waals surface area contributed by atoms with E-state index in [4.69, 9.17) is 23.8 Å². The molecule has 3 N–H and O–H groups in total. The van der Waals surface area contributed by atoms with E-state index in [0.717, 1.165) is 10.6 Å². The molecule has 2 aromatic carbocycles. The van der Waals surface area contributed by atoms with Crippen LogP contribution in [0.15, 0.2) is 42.5 Å². The van der Waals surface area contributed by atoms with Crippen LogP contribution in [-0.4, -0.2) is 25.8 Å². The van der Waals surface area contributed by atoms with Gasteiger partial charge in [0, 0.05) is 5.69 Å². The van der Waals surface area contributed by atoms with Gasteiger partial charge < -0.3 is 15.5 Å². The molecule has 1 atom stereocenters. The molecule has 0 fully saturated rings. The lowest BCUT2D eigenvalue weighted by molar-refractivity contribution is -0.890. The number of aryl methyl sites for hydroxylation is 1. The Morgan fingerprint density at radius 3 is 2.46 bits per heavy atom. The smallest absolute Gasteiger partial charge is 0.171 e. The van der Waals surface area contributed by atoms with Crippen LogP contribution >= 0.6 is 23.8 Å². The van der Waals surface area contributed by atoms with E-state index in [0.29, 0.717) is 22.2 Å². The van der Waals surface area contributed by atoms with Crippen LogP contribution in [0.1, 0.15) is 17.2 Å². The Morgan fingerprint density at radius 1 is 1.21 bits per heavy atom. The molecule has 0 aliphatic carbocycles. The maximum atomic E-state index is 14.2. The normalized spacial score (nSPS) is 12.1. The number of hydrogen-bond donors (Lipinski definition) is 3. The molecule has 0 amide bonds. The largest absolute Gasteiger partial charge is 0.356 e. The summed E-state index contributed by atoms with van der Waals surface area (Å²) in [6, 6.07) is 12.5. The van der Waals surface area contributed by atoms with Gasteiger partial charge in [0.05, 0.1) is 31.2 Å². The van der Waals surface area contributed by atoms with E-state index in [1.165, 1.54) is 11.6 Å². The van der Waals surface area contributed by atoms with Gasteiger partial charge in [-0.2, -0.15) is 0 Å². The second-order valence-corrected chi connectivity index (χ2v) is 6.78. The van der Waals surface area contributed by atoms with E-state index in [-0.39, 0.29) is 11.9 Å². The standard InChI is InChI=1S/C18H21ClFN3S/c1-12-7-9-13(10-8-12)22-18(24)21-11-16(23(2)3)17-14(19)5-4-6-15(17)20/h4-10,16H,11H2,1-3H3,(H2,21,22,24)/p+1/t16-/m1/s1. The summed E-state index contributed by atoms with van der Waals surface area (Å²) in [6.45, 7) is 2.50. The lowest BCUT2D eigenvalue weighted by Gasteiger charge is -2.24. The first-order chi connectivity index (χ1) is 11.4. The van der Waals surface area contributed by atoms with Crippen molar-refractivity contribution in [2.75, 3.05) is 26.0 Å². The van der Waals surface area contributed by atoms with Gasteiger partial charge in [0.1, 0.15) is 11.9 Å². The van der Waals surface area contributed by atoms with Crippen molar-refractivity contribution in [1.82, 2.24) is 5.32 Å². The van der Waals surface area contributed by atoms with Crippen molar-refractivity contribution in [3.05, 3.63) is 64.4 Å². The molecular weight excluding hydrogens is 345 g/mol. The molecule has 3 nitrogen and oxygen atoms in total. The Bertz CT molecular complexity index is 684. The quantitative estimate of drug-likeness (QED) is 0.710. The van der Waals surface area contributed by atoms with E-state index in [9.17, 15) is 4.39 Å². The van der Waals surface area contributed by atoms with Crippen LogP contribution in [0, 0.1) is 12.7 Å². The zero-order chi connectivity index (χ0) is 17.7. The Kier molecular flexibility index (Phi) is 6.54.